The number of phenolic OH excluding ortho intramolecular Hbond substituents is 1. The molecule has 1 aromatic heterocycles. The fourth-order valence-corrected chi connectivity index (χ4v) is 13.6. The minimum Gasteiger partial charge on any atom is -0.504 e. The smallest absolute Gasteiger partial charge is 0.251 e. The van der Waals surface area contributed by atoms with Gasteiger partial charge in [-0.05, 0) is 106 Å². The minimum atomic E-state index is -2.04. The highest BCUT2D eigenvalue weighted by Crippen LogP contribution is 2.34. The Morgan fingerprint density at radius 3 is 1.98 bits per heavy atom. The molecule has 0 unspecified atom stereocenters. The van der Waals surface area contributed by atoms with Gasteiger partial charge >= 0.3 is 0 Å². The molecular weight excluding hydrogens is 1320 g/mol. The number of rotatable bonds is 18. The van der Waals surface area contributed by atoms with Crippen LogP contribution in [0, 0.1) is 11.8 Å². The number of aromatic hydroxyl groups is 1. The predicted octanol–water partition coefficient (Wildman–Crippen LogP) is -0.820. The second-order valence-corrected chi connectivity index (χ2v) is 25.8. The zero-order valence-corrected chi connectivity index (χ0v) is 56.2. The number of nitrogens with zero attached hydrogens (tertiary/aromatic N) is 6. The molecule has 0 radical (unpaired) electrons. The number of amides is 7. The SMILES string of the molecule is C[C@@H](O)[C@@H]1NC(=O)[C@@H](NC(=O)c2ccc(-c3nnc(-c4ccc(N5CCN(CC6CCCC6)CC5)cc4)s3)cc2)C[C@@H](O)CNC(=O)[C@@H]2[C@@H](O)[C@@H](C)CN2C(=O)[C@H]([C@H](O)CCN)NC(=O)[C@H]([C@H](O)Cc2ccc(O)c(OCCCN)c2)NC(=O)[C@@H]2C[C@@H](O)CN2C1=O.Cl.Cl.Cl. The van der Waals surface area contributed by atoms with Crippen LogP contribution in [0.5, 0.6) is 11.5 Å². The zero-order valence-electron chi connectivity index (χ0n) is 52.9. The molecule has 3 aromatic carbocycles. The van der Waals surface area contributed by atoms with Crippen molar-refractivity contribution in [3.63, 3.8) is 0 Å². The summed E-state index contributed by atoms with van der Waals surface area (Å²) in [6.07, 6.45) is -6.02. The third-order valence-electron chi connectivity index (χ3n) is 17.9. The molecule has 16 N–H and O–H groups in total. The molecule has 5 heterocycles. The minimum absolute atomic E-state index is 0. The van der Waals surface area contributed by atoms with Gasteiger partial charge in [-0.3, -0.25) is 38.5 Å². The molecule has 5 fully saturated rings. The van der Waals surface area contributed by atoms with Crippen molar-refractivity contribution in [3.05, 3.63) is 77.9 Å². The first kappa shape index (κ1) is 77.4. The van der Waals surface area contributed by atoms with Crippen LogP contribution in [0.2, 0.25) is 0 Å². The summed E-state index contributed by atoms with van der Waals surface area (Å²) in [6, 6.07) is 7.64. The van der Waals surface area contributed by atoms with Crippen LogP contribution in [-0.4, -0.2) is 247 Å². The van der Waals surface area contributed by atoms with Crippen LogP contribution in [-0.2, 0) is 35.2 Å². The highest BCUT2D eigenvalue weighted by atomic mass is 35.5. The molecule has 4 aliphatic heterocycles. The number of halogens is 3. The van der Waals surface area contributed by atoms with Gasteiger partial charge in [0.25, 0.3) is 5.91 Å². The van der Waals surface area contributed by atoms with Crippen molar-refractivity contribution in [1.29, 1.82) is 0 Å². The lowest BCUT2D eigenvalue weighted by Crippen LogP contribution is -2.64. The van der Waals surface area contributed by atoms with E-state index >= 15 is 0 Å². The summed E-state index contributed by atoms with van der Waals surface area (Å²) in [6.45, 7) is 6.60. The summed E-state index contributed by atoms with van der Waals surface area (Å²) in [5, 5.41) is 102. The van der Waals surface area contributed by atoms with E-state index in [-0.39, 0.29) is 92.5 Å². The highest BCUT2D eigenvalue weighted by molar-refractivity contribution is 7.17. The molecule has 4 aromatic rings. The number of hydrogen-bond donors (Lipinski definition) is 14. The zero-order chi connectivity index (χ0) is 65.9. The van der Waals surface area contributed by atoms with Crippen LogP contribution in [0.1, 0.15) is 81.1 Å². The van der Waals surface area contributed by atoms with E-state index in [2.05, 4.69) is 58.7 Å². The van der Waals surface area contributed by atoms with E-state index in [9.17, 15) is 69.3 Å². The standard InChI is InChI=1S/C63H87N13O15S.3ClH/c1-34-31-76-53(54(34)83)59(88)66-30-42(78)28-44(67-55(84)38-9-11-39(12-10-38)60-71-72-61(92-60)40-13-15-41(16-14-40)74-23-21-73(22-24-74)32-36-6-3-4-7-36)56(85)68-50(35(2)77)62(89)75-33-43(79)29-45(75)57(86)69-51(58(87)70-52(63(76)90)47(81)18-20-65)48(82)26-37-8-17-46(80)49(27-37)91-25-5-19-64;;;/h8-17,27,34-36,42-45,47-48,50-54,77-83H,3-7,18-26,28-33,64-65H2,1-2H3,(H,66,88)(H,67,84)(H,68,85)(H,69,86)(H,70,87);3*1H/t34-,35+,42+,43+,44-,45-,47+,48+,50-,51-,52-,53-,54-;;;/m0.../s1. The first-order valence-corrected chi connectivity index (χ1v) is 32.5. The number of β-amino-alcohol motifs (C(OH)–C–C–N with tert-alkyl or cyclic N) is 1. The van der Waals surface area contributed by atoms with Crippen molar-refractivity contribution in [3.8, 4) is 32.6 Å². The predicted molar refractivity (Wildman–Crippen MR) is 359 cm³/mol. The lowest BCUT2D eigenvalue weighted by Gasteiger charge is -2.37. The molecule has 28 nitrogen and oxygen atoms in total. The Bertz CT molecular complexity index is 3220. The number of piperazine rings is 1. The molecule has 524 valence electrons. The first-order valence-electron chi connectivity index (χ1n) is 31.7. The first-order chi connectivity index (χ1) is 44.1. The number of carbonyl (C=O) groups is 7. The molecular formula is C63H90Cl3N13O15S. The third-order valence-corrected chi connectivity index (χ3v) is 19.0. The number of hydrogen-bond acceptors (Lipinski definition) is 22. The lowest BCUT2D eigenvalue weighted by atomic mass is 9.98. The summed E-state index contributed by atoms with van der Waals surface area (Å²) in [4.78, 5) is 108. The van der Waals surface area contributed by atoms with E-state index < -0.39 is 152 Å². The van der Waals surface area contributed by atoms with Crippen molar-refractivity contribution in [2.75, 3.05) is 77.0 Å². The number of aromatic nitrogens is 2. The largest absolute Gasteiger partial charge is 0.504 e. The number of fused-ring (bicyclic) bond motifs is 2. The molecule has 0 spiro atoms. The van der Waals surface area contributed by atoms with Gasteiger partial charge in [0.1, 0.15) is 46.3 Å². The van der Waals surface area contributed by atoms with E-state index in [1.165, 1.54) is 73.9 Å². The monoisotopic (exact) mass is 1410 g/mol. The Labute approximate surface area is 573 Å². The Morgan fingerprint density at radius 2 is 1.35 bits per heavy atom. The van der Waals surface area contributed by atoms with Gasteiger partial charge < -0.3 is 93.2 Å². The van der Waals surface area contributed by atoms with Crippen molar-refractivity contribution in [1.82, 2.24) is 51.5 Å². The summed E-state index contributed by atoms with van der Waals surface area (Å²) >= 11 is 1.35. The van der Waals surface area contributed by atoms with Crippen LogP contribution >= 0.6 is 48.6 Å². The molecule has 32 heteroatoms. The molecule has 13 atom stereocenters. The topological polar surface area (TPSA) is 421 Å². The maximum Gasteiger partial charge on any atom is 0.251 e. The van der Waals surface area contributed by atoms with Gasteiger partial charge in [0.05, 0.1) is 43.2 Å². The van der Waals surface area contributed by atoms with Gasteiger partial charge in [0.2, 0.25) is 35.4 Å². The maximum atomic E-state index is 14.7. The summed E-state index contributed by atoms with van der Waals surface area (Å²) in [5.74, 6) is -7.71. The van der Waals surface area contributed by atoms with Crippen molar-refractivity contribution in [2.45, 2.75) is 145 Å². The fraction of sp³-hybridized carbons (Fsp3) is 0.571. The van der Waals surface area contributed by atoms with Gasteiger partial charge in [-0.1, -0.05) is 49.3 Å². The van der Waals surface area contributed by atoms with Gasteiger partial charge in [-0.15, -0.1) is 47.4 Å². The molecule has 7 amide bonds. The maximum absolute atomic E-state index is 14.7. The number of carbonyl (C=O) groups excluding carboxylic acids is 7. The second-order valence-electron chi connectivity index (χ2n) is 24.8. The summed E-state index contributed by atoms with van der Waals surface area (Å²) in [5.41, 5.74) is 14.4. The molecule has 95 heavy (non-hydrogen) atoms. The third kappa shape index (κ3) is 19.4. The van der Waals surface area contributed by atoms with Crippen LogP contribution in [0.25, 0.3) is 21.1 Å². The number of nitrogens with one attached hydrogen (secondary N) is 5. The highest BCUT2D eigenvalue weighted by Gasteiger charge is 2.50. The number of aliphatic hydroxyl groups excluding tert-OH is 6. The molecule has 0 bridgehead atoms. The van der Waals surface area contributed by atoms with E-state index in [1.807, 2.05) is 12.1 Å². The quantitative estimate of drug-likeness (QED) is 0.0541. The second kappa shape index (κ2) is 35.6. The summed E-state index contributed by atoms with van der Waals surface area (Å²) in [7, 11) is 0. The van der Waals surface area contributed by atoms with Gasteiger partial charge in [0.15, 0.2) is 11.5 Å². The van der Waals surface area contributed by atoms with Gasteiger partial charge in [-0.2, -0.15) is 0 Å². The van der Waals surface area contributed by atoms with Gasteiger partial charge in [0, 0.05) is 99.9 Å². The normalized spacial score (nSPS) is 26.2. The van der Waals surface area contributed by atoms with Crippen molar-refractivity contribution in [2.24, 2.45) is 23.3 Å². The molecule has 9 rings (SSSR count). The Balaban J connectivity index is 0.00000476. The van der Waals surface area contributed by atoms with Crippen LogP contribution in [0.15, 0.2) is 66.7 Å². The van der Waals surface area contributed by atoms with E-state index in [0.29, 0.717) is 22.0 Å². The number of ether oxygens (including phenoxy) is 1. The van der Waals surface area contributed by atoms with Crippen molar-refractivity contribution < 1.29 is 74.0 Å². The number of anilines is 1. The van der Waals surface area contributed by atoms with Gasteiger partial charge in [-0.25, -0.2) is 0 Å². The number of benzene rings is 3. The number of phenols is 1. The number of aliphatic hydroxyl groups is 6. The van der Waals surface area contributed by atoms with Crippen LogP contribution in [0.3, 0.4) is 0 Å². The van der Waals surface area contributed by atoms with E-state index in [0.717, 1.165) is 60.1 Å². The van der Waals surface area contributed by atoms with E-state index in [4.69, 9.17) is 16.2 Å². The number of nitrogens with two attached hydrogens (primary N) is 2. The molecule has 1 saturated carbocycles. The Hall–Kier alpha value is -6.58. The molecule has 5 aliphatic rings. The Kier molecular flexibility index (Phi) is 29.0. The lowest BCUT2D eigenvalue weighted by molar-refractivity contribution is -0.147. The molecule has 1 aliphatic carbocycles. The molecule has 4 saturated heterocycles. The van der Waals surface area contributed by atoms with Crippen LogP contribution in [0.4, 0.5) is 5.69 Å². The van der Waals surface area contributed by atoms with E-state index in [1.54, 1.807) is 19.1 Å². The van der Waals surface area contributed by atoms with Crippen LogP contribution < -0.4 is 47.7 Å². The average Bonchev–Trinajstić information content (AvgIpc) is 1.69. The van der Waals surface area contributed by atoms with Crippen molar-refractivity contribution >= 4 is 95.6 Å². The summed E-state index contributed by atoms with van der Waals surface area (Å²) < 4.78 is 5.66. The fourth-order valence-electron chi connectivity index (χ4n) is 12.7. The average molecular weight is 1410 g/mol. The Morgan fingerprint density at radius 1 is 0.726 bits per heavy atom.